The van der Waals surface area contributed by atoms with Crippen LogP contribution in [0.15, 0.2) is 43.1 Å². The molecule has 10 heteroatoms. The summed E-state index contributed by atoms with van der Waals surface area (Å²) in [6, 6.07) is 1.43. The number of nitrogens with zero attached hydrogens (tertiary/aromatic N) is 4. The van der Waals surface area contributed by atoms with Gasteiger partial charge >= 0.3 is 0 Å². The van der Waals surface area contributed by atoms with Crippen molar-refractivity contribution in [1.82, 2.24) is 24.8 Å². The summed E-state index contributed by atoms with van der Waals surface area (Å²) in [4.78, 5) is 23.9. The number of nitrogens with two attached hydrogens (primary N) is 1. The van der Waals surface area contributed by atoms with Gasteiger partial charge in [-0.15, -0.1) is 0 Å². The van der Waals surface area contributed by atoms with Crippen molar-refractivity contribution in [2.45, 2.75) is 19.2 Å². The molecule has 3 N–H and O–H groups in total. The van der Waals surface area contributed by atoms with E-state index in [0.29, 0.717) is 17.1 Å². The molecule has 0 spiro atoms. The normalized spacial score (nSPS) is 12.5. The smallest absolute Gasteiger partial charge is 0.243 e. The zero-order valence-corrected chi connectivity index (χ0v) is 15.3. The predicted molar refractivity (Wildman–Crippen MR) is 98.2 cm³/mol. The van der Waals surface area contributed by atoms with E-state index >= 15 is 0 Å². The number of imidazole rings is 1. The fourth-order valence-corrected chi connectivity index (χ4v) is 2.72. The first-order chi connectivity index (χ1) is 12.2. The Hall–Kier alpha value is -3.01. The van der Waals surface area contributed by atoms with Gasteiger partial charge in [-0.2, -0.15) is 0 Å². The number of sulfone groups is 1. The van der Waals surface area contributed by atoms with Crippen LogP contribution in [0.1, 0.15) is 18.4 Å². The highest BCUT2D eigenvalue weighted by Gasteiger charge is 2.10. The van der Waals surface area contributed by atoms with Gasteiger partial charge in [0.25, 0.3) is 0 Å². The molecule has 0 radical (unpaired) electrons. The van der Waals surface area contributed by atoms with Crippen molar-refractivity contribution in [3.05, 3.63) is 54.7 Å². The van der Waals surface area contributed by atoms with Gasteiger partial charge in [-0.25, -0.2) is 23.4 Å². The third-order valence-corrected chi connectivity index (χ3v) is 3.95. The Kier molecular flexibility index (Phi) is 6.23. The van der Waals surface area contributed by atoms with E-state index in [2.05, 4.69) is 20.3 Å². The number of aromatic nitrogens is 4. The average molecular weight is 376 g/mol. The van der Waals surface area contributed by atoms with Crippen LogP contribution in [-0.4, -0.2) is 40.1 Å². The van der Waals surface area contributed by atoms with Crippen LogP contribution in [0.3, 0.4) is 0 Å². The van der Waals surface area contributed by atoms with E-state index in [9.17, 15) is 13.2 Å². The number of hydrogen-bond acceptors (Lipinski definition) is 7. The van der Waals surface area contributed by atoms with Gasteiger partial charge in [0.1, 0.15) is 12.4 Å². The van der Waals surface area contributed by atoms with Crippen molar-refractivity contribution < 1.29 is 13.2 Å². The molecule has 0 aromatic carbocycles. The maximum atomic E-state index is 11.7. The maximum absolute atomic E-state index is 11.7. The van der Waals surface area contributed by atoms with E-state index in [1.54, 1.807) is 42.4 Å². The van der Waals surface area contributed by atoms with E-state index in [1.165, 1.54) is 12.3 Å². The highest BCUT2D eigenvalue weighted by atomic mass is 32.2. The number of amides is 1. The molecule has 0 fully saturated rings. The number of carbonyl (C=O) groups is 1. The van der Waals surface area contributed by atoms with Gasteiger partial charge in [0, 0.05) is 30.9 Å². The first-order valence-corrected chi connectivity index (χ1v) is 9.69. The highest BCUT2D eigenvalue weighted by molar-refractivity contribution is 7.89. The van der Waals surface area contributed by atoms with Gasteiger partial charge in [0.15, 0.2) is 15.7 Å². The quantitative estimate of drug-likeness (QED) is 0.674. The van der Waals surface area contributed by atoms with Crippen LogP contribution < -0.4 is 11.1 Å². The SMILES string of the molecule is C/C(=C\C=C\NC(=O)Cn1ccnc1)c1nc(N)cc(CS(C)(=O)=O)n1. The first-order valence-electron chi connectivity index (χ1n) is 7.63. The van der Waals surface area contributed by atoms with Gasteiger partial charge in [-0.05, 0) is 18.6 Å². The topological polar surface area (TPSA) is 133 Å². The van der Waals surface area contributed by atoms with Crippen molar-refractivity contribution in [2.24, 2.45) is 0 Å². The van der Waals surface area contributed by atoms with Gasteiger partial charge < -0.3 is 15.6 Å². The van der Waals surface area contributed by atoms with E-state index in [4.69, 9.17) is 5.73 Å². The van der Waals surface area contributed by atoms with Crippen molar-refractivity contribution >= 4 is 27.1 Å². The Morgan fingerprint density at radius 3 is 2.81 bits per heavy atom. The molecule has 2 heterocycles. The lowest BCUT2D eigenvalue weighted by molar-refractivity contribution is -0.120. The largest absolute Gasteiger partial charge is 0.384 e. The molecular weight excluding hydrogens is 356 g/mol. The number of rotatable bonds is 7. The van der Waals surface area contributed by atoms with Crippen LogP contribution in [0.4, 0.5) is 5.82 Å². The Morgan fingerprint density at radius 2 is 2.15 bits per heavy atom. The van der Waals surface area contributed by atoms with Crippen molar-refractivity contribution in [2.75, 3.05) is 12.0 Å². The number of nitrogens with one attached hydrogen (secondary N) is 1. The zero-order chi connectivity index (χ0) is 19.2. The second-order valence-electron chi connectivity index (χ2n) is 5.69. The maximum Gasteiger partial charge on any atom is 0.243 e. The molecule has 2 aromatic heterocycles. The minimum absolute atomic E-state index is 0.167. The Morgan fingerprint density at radius 1 is 1.38 bits per heavy atom. The molecule has 0 atom stereocenters. The van der Waals surface area contributed by atoms with Crippen LogP contribution in [0.2, 0.25) is 0 Å². The second-order valence-corrected chi connectivity index (χ2v) is 7.83. The molecule has 0 saturated carbocycles. The highest BCUT2D eigenvalue weighted by Crippen LogP contribution is 2.13. The van der Waals surface area contributed by atoms with Crippen LogP contribution in [0.25, 0.3) is 5.57 Å². The van der Waals surface area contributed by atoms with Gasteiger partial charge in [-0.3, -0.25) is 4.79 Å². The molecule has 9 nitrogen and oxygen atoms in total. The number of nitrogen functional groups attached to an aromatic ring is 1. The third kappa shape index (κ3) is 6.48. The molecule has 1 amide bonds. The summed E-state index contributed by atoms with van der Waals surface area (Å²) >= 11 is 0. The van der Waals surface area contributed by atoms with E-state index in [-0.39, 0.29) is 24.0 Å². The summed E-state index contributed by atoms with van der Waals surface area (Å²) in [6.45, 7) is 1.93. The summed E-state index contributed by atoms with van der Waals surface area (Å²) in [6.07, 6.45) is 10.8. The lowest BCUT2D eigenvalue weighted by Gasteiger charge is -2.05. The van der Waals surface area contributed by atoms with Crippen LogP contribution in [0, 0.1) is 0 Å². The Bertz CT molecular complexity index is 933. The molecule has 2 rings (SSSR count). The van der Waals surface area contributed by atoms with E-state index < -0.39 is 9.84 Å². The summed E-state index contributed by atoms with van der Waals surface area (Å²) in [5.74, 6) is 0.123. The minimum Gasteiger partial charge on any atom is -0.384 e. The number of carbonyl (C=O) groups excluding carboxylic acids is 1. The third-order valence-electron chi connectivity index (χ3n) is 3.13. The molecule has 0 bridgehead atoms. The summed E-state index contributed by atoms with van der Waals surface area (Å²) in [5.41, 5.74) is 6.73. The average Bonchev–Trinajstić information content (AvgIpc) is 3.02. The fourth-order valence-electron chi connectivity index (χ4n) is 2.04. The fraction of sp³-hybridized carbons (Fsp3) is 0.250. The van der Waals surface area contributed by atoms with Gasteiger partial charge in [-0.1, -0.05) is 6.08 Å². The van der Waals surface area contributed by atoms with Crippen molar-refractivity contribution in [3.63, 3.8) is 0 Å². The second kappa shape index (κ2) is 8.39. The monoisotopic (exact) mass is 376 g/mol. The lowest BCUT2D eigenvalue weighted by Crippen LogP contribution is -2.22. The van der Waals surface area contributed by atoms with Crippen LogP contribution >= 0.6 is 0 Å². The number of hydrogen-bond donors (Lipinski definition) is 2. The van der Waals surface area contributed by atoms with Crippen LogP contribution in [-0.2, 0) is 26.9 Å². The molecule has 2 aromatic rings. The van der Waals surface area contributed by atoms with Gasteiger partial charge in [0.2, 0.25) is 5.91 Å². The predicted octanol–water partition coefficient (Wildman–Crippen LogP) is 0.533. The molecule has 26 heavy (non-hydrogen) atoms. The molecule has 138 valence electrons. The number of allylic oxidation sites excluding steroid dienone is 3. The summed E-state index contributed by atoms with van der Waals surface area (Å²) in [7, 11) is -3.22. The zero-order valence-electron chi connectivity index (χ0n) is 14.5. The Balaban J connectivity index is 2.01. The molecule has 0 aliphatic heterocycles. The Labute approximate surface area is 151 Å². The molecule has 0 saturated heterocycles. The summed E-state index contributed by atoms with van der Waals surface area (Å²) < 4.78 is 24.5. The van der Waals surface area contributed by atoms with Crippen LogP contribution in [0.5, 0.6) is 0 Å². The van der Waals surface area contributed by atoms with Gasteiger partial charge in [0.05, 0.1) is 17.8 Å². The minimum atomic E-state index is -3.22. The molecule has 0 aliphatic carbocycles. The van der Waals surface area contributed by atoms with Crippen molar-refractivity contribution in [3.8, 4) is 0 Å². The molecule has 0 aliphatic rings. The summed E-state index contributed by atoms with van der Waals surface area (Å²) in [5, 5.41) is 2.62. The standard InChI is InChI=1S/C16H20N6O3S/c1-12(4-3-5-19-15(23)9-22-7-6-18-11-22)16-20-13(8-14(17)21-16)10-26(2,24)25/h3-8,11H,9-10H2,1-2H3,(H,19,23)(H2,17,20,21)/b5-3+,12-4+. The lowest BCUT2D eigenvalue weighted by atomic mass is 10.2. The molecular formula is C16H20N6O3S. The number of anilines is 1. The van der Waals surface area contributed by atoms with Crippen molar-refractivity contribution in [1.29, 1.82) is 0 Å². The van der Waals surface area contributed by atoms with E-state index in [0.717, 1.165) is 6.26 Å². The first kappa shape index (κ1) is 19.3. The van der Waals surface area contributed by atoms with E-state index in [1.807, 2.05) is 0 Å². The molecule has 0 unspecified atom stereocenters.